The van der Waals surface area contributed by atoms with E-state index in [0.717, 1.165) is 11.3 Å². The molecule has 0 aromatic heterocycles. The van der Waals surface area contributed by atoms with E-state index >= 15 is 0 Å². The van der Waals surface area contributed by atoms with Gasteiger partial charge in [-0.3, -0.25) is 9.59 Å². The van der Waals surface area contributed by atoms with Crippen LogP contribution in [0.1, 0.15) is 31.7 Å². The minimum absolute atomic E-state index is 0.124. The number of rotatable bonds is 6. The number of para-hydroxylation sites is 1. The maximum absolute atomic E-state index is 12.1. The number of carboxylic acid groups (broad SMARTS) is 1. The second-order valence-electron chi connectivity index (χ2n) is 6.04. The van der Waals surface area contributed by atoms with Crippen LogP contribution in [0.4, 0.5) is 5.69 Å². The molecule has 1 heterocycles. The molecule has 1 aromatic carbocycles. The van der Waals surface area contributed by atoms with Crippen LogP contribution in [0.5, 0.6) is 0 Å². The van der Waals surface area contributed by atoms with Gasteiger partial charge in [-0.25, -0.2) is 4.79 Å². The van der Waals surface area contributed by atoms with Gasteiger partial charge in [0.2, 0.25) is 11.8 Å². The molecule has 2 rings (SSSR count). The lowest BCUT2D eigenvalue weighted by Gasteiger charge is -2.21. The van der Waals surface area contributed by atoms with Crippen LogP contribution in [-0.2, 0) is 14.4 Å². The molecule has 0 saturated heterocycles. The van der Waals surface area contributed by atoms with Gasteiger partial charge in [-0.1, -0.05) is 32.0 Å². The molecule has 0 saturated carbocycles. The number of nitrogens with two attached hydrogens (primary N) is 1. The van der Waals surface area contributed by atoms with Gasteiger partial charge in [-0.05, 0) is 24.0 Å². The summed E-state index contributed by atoms with van der Waals surface area (Å²) in [5, 5.41) is 14.3. The summed E-state index contributed by atoms with van der Waals surface area (Å²) < 4.78 is 0. The number of aliphatic carboxylic acids is 1. The van der Waals surface area contributed by atoms with Crippen LogP contribution in [0.15, 0.2) is 24.3 Å². The number of nitrogens with one attached hydrogen (secondary N) is 2. The number of carbonyl (C=O) groups is 3. The van der Waals surface area contributed by atoms with Crippen molar-refractivity contribution < 1.29 is 19.5 Å². The summed E-state index contributed by atoms with van der Waals surface area (Å²) >= 11 is 0. The third-order valence-corrected chi connectivity index (χ3v) is 3.97. The van der Waals surface area contributed by atoms with E-state index in [1.807, 2.05) is 18.2 Å². The highest BCUT2D eigenvalue weighted by atomic mass is 16.4. The lowest BCUT2D eigenvalue weighted by atomic mass is 9.93. The molecule has 3 atom stereocenters. The van der Waals surface area contributed by atoms with Gasteiger partial charge in [0.25, 0.3) is 0 Å². The first-order valence-electron chi connectivity index (χ1n) is 7.49. The topological polar surface area (TPSA) is 122 Å². The van der Waals surface area contributed by atoms with Crippen LogP contribution in [-0.4, -0.2) is 35.0 Å². The SMILES string of the molecule is CC(C)C(NC(=O)C(N)CC1C(=O)Nc2ccccc21)C(=O)O. The molecule has 0 aliphatic carbocycles. The summed E-state index contributed by atoms with van der Waals surface area (Å²) in [7, 11) is 0. The van der Waals surface area contributed by atoms with E-state index in [9.17, 15) is 14.4 Å². The lowest BCUT2D eigenvalue weighted by molar-refractivity contribution is -0.143. The number of fused-ring (bicyclic) bond motifs is 1. The molecule has 0 spiro atoms. The van der Waals surface area contributed by atoms with E-state index < -0.39 is 29.9 Å². The van der Waals surface area contributed by atoms with Gasteiger partial charge in [-0.2, -0.15) is 0 Å². The van der Waals surface area contributed by atoms with Crippen LogP contribution in [0, 0.1) is 5.92 Å². The van der Waals surface area contributed by atoms with Crippen LogP contribution in [0.2, 0.25) is 0 Å². The minimum Gasteiger partial charge on any atom is -0.480 e. The number of benzene rings is 1. The first-order chi connectivity index (χ1) is 10.8. The third-order valence-electron chi connectivity index (χ3n) is 3.97. The van der Waals surface area contributed by atoms with Gasteiger partial charge >= 0.3 is 5.97 Å². The normalized spacial score (nSPS) is 19.0. The van der Waals surface area contributed by atoms with Crippen molar-refractivity contribution in [2.75, 3.05) is 5.32 Å². The number of carboxylic acids is 1. The second-order valence-corrected chi connectivity index (χ2v) is 6.04. The van der Waals surface area contributed by atoms with E-state index in [4.69, 9.17) is 10.8 Å². The standard InChI is InChI=1S/C16H21N3O4/c1-8(2)13(16(22)23)19-15(21)11(17)7-10-9-5-3-4-6-12(9)18-14(10)20/h3-6,8,10-11,13H,7,17H2,1-2H3,(H,18,20)(H,19,21)(H,22,23). The van der Waals surface area contributed by atoms with Crippen molar-refractivity contribution in [3.63, 3.8) is 0 Å². The van der Waals surface area contributed by atoms with Crippen molar-refractivity contribution in [1.82, 2.24) is 5.32 Å². The van der Waals surface area contributed by atoms with Gasteiger partial charge in [0.05, 0.1) is 12.0 Å². The van der Waals surface area contributed by atoms with Crippen LogP contribution in [0.3, 0.4) is 0 Å². The summed E-state index contributed by atoms with van der Waals surface area (Å²) in [6, 6.07) is 5.27. The number of hydrogen-bond acceptors (Lipinski definition) is 4. The van der Waals surface area contributed by atoms with E-state index in [1.165, 1.54) is 0 Å². The van der Waals surface area contributed by atoms with Crippen molar-refractivity contribution in [1.29, 1.82) is 0 Å². The molecule has 7 nitrogen and oxygen atoms in total. The number of hydrogen-bond donors (Lipinski definition) is 4. The fourth-order valence-electron chi connectivity index (χ4n) is 2.64. The zero-order valence-corrected chi connectivity index (χ0v) is 13.1. The molecule has 0 bridgehead atoms. The first kappa shape index (κ1) is 17.0. The Kier molecular flexibility index (Phi) is 5.00. The molecule has 5 N–H and O–H groups in total. The van der Waals surface area contributed by atoms with Crippen molar-refractivity contribution in [2.24, 2.45) is 11.7 Å². The highest BCUT2D eigenvalue weighted by molar-refractivity contribution is 6.03. The average Bonchev–Trinajstić information content (AvgIpc) is 2.80. The largest absolute Gasteiger partial charge is 0.480 e. The molecule has 3 unspecified atom stereocenters. The highest BCUT2D eigenvalue weighted by Crippen LogP contribution is 2.34. The van der Waals surface area contributed by atoms with Gasteiger partial charge in [0.1, 0.15) is 6.04 Å². The molecule has 7 heteroatoms. The molecule has 0 fully saturated rings. The van der Waals surface area contributed by atoms with Crippen molar-refractivity contribution in [3.05, 3.63) is 29.8 Å². The van der Waals surface area contributed by atoms with Crippen molar-refractivity contribution in [2.45, 2.75) is 38.3 Å². The van der Waals surface area contributed by atoms with E-state index in [0.29, 0.717) is 0 Å². The minimum atomic E-state index is -1.11. The van der Waals surface area contributed by atoms with Crippen LogP contribution >= 0.6 is 0 Å². The monoisotopic (exact) mass is 319 g/mol. The Morgan fingerprint density at radius 1 is 1.35 bits per heavy atom. The van der Waals surface area contributed by atoms with Gasteiger partial charge in [-0.15, -0.1) is 0 Å². The summed E-state index contributed by atoms with van der Waals surface area (Å²) in [6.07, 6.45) is 0.124. The summed E-state index contributed by atoms with van der Waals surface area (Å²) in [4.78, 5) is 35.3. The average molecular weight is 319 g/mol. The molecular weight excluding hydrogens is 298 g/mol. The predicted molar refractivity (Wildman–Crippen MR) is 84.8 cm³/mol. The predicted octanol–water partition coefficient (Wildman–Crippen LogP) is 0.665. The lowest BCUT2D eigenvalue weighted by Crippen LogP contribution is -2.51. The van der Waals surface area contributed by atoms with Crippen molar-refractivity contribution >= 4 is 23.5 Å². The maximum Gasteiger partial charge on any atom is 0.326 e. The summed E-state index contributed by atoms with van der Waals surface area (Å²) in [5.74, 6) is -2.64. The molecular formula is C16H21N3O4. The molecule has 0 radical (unpaired) electrons. The molecule has 23 heavy (non-hydrogen) atoms. The summed E-state index contributed by atoms with van der Waals surface area (Å²) in [6.45, 7) is 3.40. The Morgan fingerprint density at radius 2 is 2.00 bits per heavy atom. The zero-order valence-electron chi connectivity index (χ0n) is 13.1. The van der Waals surface area contributed by atoms with Gasteiger partial charge < -0.3 is 21.5 Å². The van der Waals surface area contributed by atoms with Crippen molar-refractivity contribution in [3.8, 4) is 0 Å². The molecule has 1 aliphatic rings. The van der Waals surface area contributed by atoms with Gasteiger partial charge in [0, 0.05) is 5.69 Å². The van der Waals surface area contributed by atoms with Gasteiger partial charge in [0.15, 0.2) is 0 Å². The second kappa shape index (κ2) is 6.78. The molecule has 1 aliphatic heterocycles. The highest BCUT2D eigenvalue weighted by Gasteiger charge is 2.34. The third kappa shape index (κ3) is 3.68. The Bertz CT molecular complexity index is 630. The number of amides is 2. The van der Waals surface area contributed by atoms with E-state index in [-0.39, 0.29) is 18.2 Å². The first-order valence-corrected chi connectivity index (χ1v) is 7.49. The Hall–Kier alpha value is -2.41. The van der Waals surface area contributed by atoms with Crippen LogP contribution < -0.4 is 16.4 Å². The summed E-state index contributed by atoms with van der Waals surface area (Å²) in [5.41, 5.74) is 7.41. The molecule has 1 aromatic rings. The Balaban J connectivity index is 2.04. The van der Waals surface area contributed by atoms with Crippen LogP contribution in [0.25, 0.3) is 0 Å². The molecule has 124 valence electrons. The fraction of sp³-hybridized carbons (Fsp3) is 0.438. The maximum atomic E-state index is 12.1. The number of carbonyl (C=O) groups excluding carboxylic acids is 2. The van der Waals surface area contributed by atoms with E-state index in [2.05, 4.69) is 10.6 Å². The smallest absolute Gasteiger partial charge is 0.326 e. The fourth-order valence-corrected chi connectivity index (χ4v) is 2.64. The number of anilines is 1. The van der Waals surface area contributed by atoms with E-state index in [1.54, 1.807) is 19.9 Å². The molecule has 2 amide bonds. The quantitative estimate of drug-likeness (QED) is 0.614. The zero-order chi connectivity index (χ0) is 17.1. The Morgan fingerprint density at radius 3 is 2.61 bits per heavy atom. The Labute approximate surface area is 134 Å².